The third kappa shape index (κ3) is 6.97. The lowest BCUT2D eigenvalue weighted by Crippen LogP contribution is -2.09. The fraction of sp³-hybridized carbons (Fsp3) is 0. The Kier molecular flexibility index (Phi) is 9.59. The Labute approximate surface area is 327 Å². The van der Waals surface area contributed by atoms with Gasteiger partial charge in [-0.15, -0.1) is 11.3 Å². The van der Waals surface area contributed by atoms with Crippen LogP contribution in [0.1, 0.15) is 0 Å². The molecule has 0 aliphatic carbocycles. The number of para-hydroxylation sites is 4. The lowest BCUT2D eigenvalue weighted by atomic mass is 9.91. The first-order chi connectivity index (χ1) is 27.3. The molecule has 0 atom stereocenters. The Morgan fingerprint density at radius 3 is 0.727 bits per heavy atom. The van der Waals surface area contributed by atoms with Crippen LogP contribution >= 0.6 is 11.3 Å². The third-order valence-electron chi connectivity index (χ3n) is 9.87. The topological polar surface area (TPSA) is 6.48 Å². The van der Waals surface area contributed by atoms with E-state index < -0.39 is 0 Å². The molecule has 9 rings (SSSR count). The van der Waals surface area contributed by atoms with Gasteiger partial charge in [-0.1, -0.05) is 158 Å². The van der Waals surface area contributed by atoms with Crippen LogP contribution in [0.3, 0.4) is 0 Å². The maximum absolute atomic E-state index is 2.31. The molecule has 1 aromatic heterocycles. The summed E-state index contributed by atoms with van der Waals surface area (Å²) in [4.78, 5) is 7.12. The highest BCUT2D eigenvalue weighted by Crippen LogP contribution is 2.52. The lowest BCUT2D eigenvalue weighted by molar-refractivity contribution is 1.28. The molecule has 0 bridgehead atoms. The highest BCUT2D eigenvalue weighted by Gasteiger charge is 2.24. The van der Waals surface area contributed by atoms with Crippen LogP contribution in [0.15, 0.2) is 231 Å². The van der Waals surface area contributed by atoms with Crippen molar-refractivity contribution >= 4 is 45.5 Å². The summed E-state index contributed by atoms with van der Waals surface area (Å²) in [6.45, 7) is 0. The number of hydrogen-bond acceptors (Lipinski definition) is 3. The zero-order valence-corrected chi connectivity index (χ0v) is 31.1. The molecule has 0 N–H and O–H groups in total. The molecule has 0 aliphatic rings. The van der Waals surface area contributed by atoms with E-state index in [0.29, 0.717) is 0 Å². The van der Waals surface area contributed by atoms with Gasteiger partial charge in [0, 0.05) is 55.0 Å². The van der Waals surface area contributed by atoms with Crippen molar-refractivity contribution in [1.29, 1.82) is 0 Å². The van der Waals surface area contributed by atoms with E-state index in [-0.39, 0.29) is 0 Å². The van der Waals surface area contributed by atoms with Crippen molar-refractivity contribution in [2.75, 3.05) is 9.80 Å². The maximum Gasteiger partial charge on any atom is 0.0462 e. The zero-order valence-electron chi connectivity index (χ0n) is 30.2. The number of anilines is 6. The van der Waals surface area contributed by atoms with Crippen molar-refractivity contribution < 1.29 is 0 Å². The molecule has 1 heterocycles. The highest BCUT2D eigenvalue weighted by molar-refractivity contribution is 7.20. The molecule has 0 radical (unpaired) electrons. The normalized spacial score (nSPS) is 10.9. The predicted octanol–water partition coefficient (Wildman–Crippen LogP) is 15.4. The highest BCUT2D eigenvalue weighted by atomic mass is 32.1. The van der Waals surface area contributed by atoms with Gasteiger partial charge in [-0.25, -0.2) is 0 Å². The quantitative estimate of drug-likeness (QED) is 0.139. The Morgan fingerprint density at radius 2 is 0.455 bits per heavy atom. The summed E-state index contributed by atoms with van der Waals surface area (Å²) in [5.41, 5.74) is 14.0. The fourth-order valence-electron chi connectivity index (χ4n) is 7.32. The molecule has 55 heavy (non-hydrogen) atoms. The number of benzene rings is 8. The molecule has 0 unspecified atom stereocenters. The number of rotatable bonds is 10. The van der Waals surface area contributed by atoms with Crippen molar-refractivity contribution in [3.8, 4) is 43.1 Å². The van der Waals surface area contributed by atoms with Crippen molar-refractivity contribution in [2.24, 2.45) is 0 Å². The average molecular weight is 723 g/mol. The minimum absolute atomic E-state index is 1.11. The summed E-state index contributed by atoms with van der Waals surface area (Å²) in [5.74, 6) is 0. The van der Waals surface area contributed by atoms with Gasteiger partial charge >= 0.3 is 0 Å². The first kappa shape index (κ1) is 33.9. The van der Waals surface area contributed by atoms with Crippen molar-refractivity contribution in [3.63, 3.8) is 0 Å². The third-order valence-corrected chi connectivity index (χ3v) is 11.2. The molecule has 0 fully saturated rings. The fourth-order valence-corrected chi connectivity index (χ4v) is 8.68. The first-order valence-corrected chi connectivity index (χ1v) is 19.4. The second-order valence-electron chi connectivity index (χ2n) is 13.3. The SMILES string of the molecule is c1ccc(-c2c(-c3ccc(N(c4ccccc4)c4ccccc4)cc3)sc(-c3ccc(N(c4ccccc4)c4ccccc4)cc3)c2-c2ccccc2)cc1. The minimum atomic E-state index is 1.11. The number of hydrogen-bond donors (Lipinski definition) is 0. The molecule has 0 aliphatic heterocycles. The van der Waals surface area contributed by atoms with Crippen LogP contribution in [0.2, 0.25) is 0 Å². The standard InChI is InChI=1S/C52H38N2S/c1-7-19-39(20-8-1)49-50(40-21-9-2-10-22-40)52(42-33-37-48(38-34-42)54(45-27-15-5-16-28-45)46-29-17-6-18-30-46)55-51(49)41-31-35-47(36-32-41)53(43-23-11-3-12-24-43)44-25-13-4-14-26-44/h1-38H. The molecule has 8 aromatic carbocycles. The van der Waals surface area contributed by atoms with E-state index in [2.05, 4.69) is 240 Å². The van der Waals surface area contributed by atoms with E-state index in [1.165, 1.54) is 43.1 Å². The van der Waals surface area contributed by atoms with Crippen LogP contribution in [-0.4, -0.2) is 0 Å². The van der Waals surface area contributed by atoms with Crippen LogP contribution in [0.5, 0.6) is 0 Å². The van der Waals surface area contributed by atoms with E-state index in [1.807, 2.05) is 11.3 Å². The van der Waals surface area contributed by atoms with E-state index in [4.69, 9.17) is 0 Å². The number of thiophene rings is 1. The molecule has 0 saturated heterocycles. The monoisotopic (exact) mass is 722 g/mol. The van der Waals surface area contributed by atoms with Gasteiger partial charge in [0.05, 0.1) is 0 Å². The summed E-state index contributed by atoms with van der Waals surface area (Å²) >= 11 is 1.87. The first-order valence-electron chi connectivity index (χ1n) is 18.6. The van der Waals surface area contributed by atoms with Gasteiger partial charge < -0.3 is 9.80 Å². The van der Waals surface area contributed by atoms with Gasteiger partial charge in [0.2, 0.25) is 0 Å². The van der Waals surface area contributed by atoms with Gasteiger partial charge in [0.25, 0.3) is 0 Å². The second-order valence-corrected chi connectivity index (χ2v) is 14.4. The maximum atomic E-state index is 2.31. The molecule has 0 saturated carbocycles. The van der Waals surface area contributed by atoms with Crippen molar-refractivity contribution in [3.05, 3.63) is 231 Å². The molecule has 262 valence electrons. The molecular formula is C52H38N2S. The van der Waals surface area contributed by atoms with Crippen molar-refractivity contribution in [1.82, 2.24) is 0 Å². The van der Waals surface area contributed by atoms with E-state index in [1.54, 1.807) is 0 Å². The minimum Gasteiger partial charge on any atom is -0.311 e. The molecule has 9 aromatic rings. The van der Waals surface area contributed by atoms with E-state index >= 15 is 0 Å². The lowest BCUT2D eigenvalue weighted by Gasteiger charge is -2.25. The average Bonchev–Trinajstić information content (AvgIpc) is 3.67. The van der Waals surface area contributed by atoms with Crippen LogP contribution in [0.25, 0.3) is 43.1 Å². The van der Waals surface area contributed by atoms with E-state index in [9.17, 15) is 0 Å². The zero-order chi connectivity index (χ0) is 36.8. The molecule has 3 heteroatoms. The Bertz CT molecular complexity index is 2320. The van der Waals surface area contributed by atoms with Crippen LogP contribution in [0.4, 0.5) is 34.1 Å². The summed E-state index contributed by atoms with van der Waals surface area (Å²) in [6, 6.07) is 82.2. The summed E-state index contributed by atoms with van der Waals surface area (Å²) in [5, 5.41) is 0. The molecule has 2 nitrogen and oxygen atoms in total. The van der Waals surface area contributed by atoms with Gasteiger partial charge in [0.1, 0.15) is 0 Å². The largest absolute Gasteiger partial charge is 0.311 e. The molecular weight excluding hydrogens is 685 g/mol. The Balaban J connectivity index is 1.19. The van der Waals surface area contributed by atoms with Gasteiger partial charge in [-0.2, -0.15) is 0 Å². The van der Waals surface area contributed by atoms with Crippen LogP contribution < -0.4 is 9.80 Å². The smallest absolute Gasteiger partial charge is 0.0462 e. The number of nitrogens with zero attached hydrogens (tertiary/aromatic N) is 2. The molecule has 0 spiro atoms. The molecule has 0 amide bonds. The Hall–Kier alpha value is -6.94. The van der Waals surface area contributed by atoms with Crippen LogP contribution in [-0.2, 0) is 0 Å². The van der Waals surface area contributed by atoms with E-state index in [0.717, 1.165) is 34.1 Å². The summed E-state index contributed by atoms with van der Waals surface area (Å²) in [6.07, 6.45) is 0. The van der Waals surface area contributed by atoms with Gasteiger partial charge in [-0.05, 0) is 95.1 Å². The predicted molar refractivity (Wildman–Crippen MR) is 235 cm³/mol. The summed E-state index contributed by atoms with van der Waals surface area (Å²) < 4.78 is 0. The van der Waals surface area contributed by atoms with Crippen LogP contribution in [0, 0.1) is 0 Å². The second kappa shape index (κ2) is 15.6. The van der Waals surface area contributed by atoms with Gasteiger partial charge in [-0.3, -0.25) is 0 Å². The van der Waals surface area contributed by atoms with Crippen molar-refractivity contribution in [2.45, 2.75) is 0 Å². The Morgan fingerprint density at radius 1 is 0.218 bits per heavy atom. The summed E-state index contributed by atoms with van der Waals surface area (Å²) in [7, 11) is 0. The van der Waals surface area contributed by atoms with Gasteiger partial charge in [0.15, 0.2) is 0 Å².